The Morgan fingerprint density at radius 2 is 1.73 bits per heavy atom. The Labute approximate surface area is 133 Å². The highest BCUT2D eigenvalue weighted by Gasteiger charge is 2.12. The van der Waals surface area contributed by atoms with E-state index in [4.69, 9.17) is 11.6 Å². The highest BCUT2D eigenvalue weighted by atomic mass is 35.5. The molecule has 0 unspecified atom stereocenters. The number of hydrogen-bond donors (Lipinski definition) is 2. The molecule has 2 aromatic carbocycles. The summed E-state index contributed by atoms with van der Waals surface area (Å²) in [6, 6.07) is 17.5. The zero-order chi connectivity index (χ0) is 15.4. The normalized spacial score (nSPS) is 12.3. The number of nitrogens with zero attached hydrogens (tertiary/aromatic N) is 2. The molecule has 0 aliphatic heterocycles. The number of aromatic nitrogens is 2. The van der Waals surface area contributed by atoms with Crippen LogP contribution in [0.2, 0.25) is 5.28 Å². The number of halogens is 1. The largest absolute Gasteiger partial charge is 0.394 e. The lowest BCUT2D eigenvalue weighted by Crippen LogP contribution is -2.27. The van der Waals surface area contributed by atoms with Gasteiger partial charge in [0.1, 0.15) is 5.82 Å². The summed E-state index contributed by atoms with van der Waals surface area (Å²) < 4.78 is 0. The predicted molar refractivity (Wildman–Crippen MR) is 89.2 cm³/mol. The average Bonchev–Trinajstić information content (AvgIpc) is 2.55. The van der Waals surface area contributed by atoms with Crippen LogP contribution in [0.1, 0.15) is 5.56 Å². The predicted octanol–water partition coefficient (Wildman–Crippen LogP) is 3.30. The first-order valence-electron chi connectivity index (χ1n) is 7.10. The van der Waals surface area contributed by atoms with Gasteiger partial charge in [-0.05, 0) is 35.7 Å². The van der Waals surface area contributed by atoms with E-state index in [-0.39, 0.29) is 17.9 Å². The van der Waals surface area contributed by atoms with Crippen LogP contribution in [0.5, 0.6) is 0 Å². The van der Waals surface area contributed by atoms with Gasteiger partial charge in [-0.1, -0.05) is 42.5 Å². The SMILES string of the molecule is OC[C@@H](Cc1ccccc1)Nc1nc(Cl)nc2ccccc12. The highest BCUT2D eigenvalue weighted by Crippen LogP contribution is 2.22. The summed E-state index contributed by atoms with van der Waals surface area (Å²) in [5, 5.41) is 14.0. The van der Waals surface area contributed by atoms with E-state index in [0.717, 1.165) is 16.5 Å². The van der Waals surface area contributed by atoms with Crippen molar-refractivity contribution >= 4 is 28.3 Å². The van der Waals surface area contributed by atoms with Gasteiger partial charge in [0, 0.05) is 5.39 Å². The van der Waals surface area contributed by atoms with E-state index >= 15 is 0 Å². The first-order chi connectivity index (χ1) is 10.8. The van der Waals surface area contributed by atoms with E-state index in [2.05, 4.69) is 15.3 Å². The Hall–Kier alpha value is -2.17. The third-order valence-corrected chi connectivity index (χ3v) is 3.63. The molecule has 2 N–H and O–H groups in total. The smallest absolute Gasteiger partial charge is 0.224 e. The van der Waals surface area contributed by atoms with Gasteiger partial charge in [0.15, 0.2) is 0 Å². The minimum absolute atomic E-state index is 0.00480. The minimum atomic E-state index is -0.142. The van der Waals surface area contributed by atoms with E-state index in [0.29, 0.717) is 12.2 Å². The molecule has 0 saturated heterocycles. The van der Waals surface area contributed by atoms with Gasteiger partial charge in [-0.3, -0.25) is 0 Å². The molecule has 4 nitrogen and oxygen atoms in total. The number of benzene rings is 2. The minimum Gasteiger partial charge on any atom is -0.394 e. The number of nitrogens with one attached hydrogen (secondary N) is 1. The van der Waals surface area contributed by atoms with Gasteiger partial charge in [0.05, 0.1) is 18.2 Å². The van der Waals surface area contributed by atoms with Gasteiger partial charge in [-0.2, -0.15) is 0 Å². The first-order valence-corrected chi connectivity index (χ1v) is 7.47. The van der Waals surface area contributed by atoms with Crippen LogP contribution in [0, 0.1) is 0 Å². The molecule has 112 valence electrons. The van der Waals surface area contributed by atoms with Crippen molar-refractivity contribution in [3.63, 3.8) is 0 Å². The second kappa shape index (κ2) is 6.73. The maximum absolute atomic E-state index is 9.65. The number of aliphatic hydroxyl groups excluding tert-OH is 1. The molecule has 0 amide bonds. The monoisotopic (exact) mass is 313 g/mol. The number of aliphatic hydroxyl groups is 1. The lowest BCUT2D eigenvalue weighted by molar-refractivity contribution is 0.273. The van der Waals surface area contributed by atoms with Gasteiger partial charge < -0.3 is 10.4 Å². The molecule has 3 aromatic rings. The quantitative estimate of drug-likeness (QED) is 0.710. The van der Waals surface area contributed by atoms with Gasteiger partial charge in [0.2, 0.25) is 5.28 Å². The molecule has 0 fully saturated rings. The molecule has 0 aliphatic carbocycles. The van der Waals surface area contributed by atoms with Gasteiger partial charge >= 0.3 is 0 Å². The Morgan fingerprint density at radius 1 is 1.00 bits per heavy atom. The van der Waals surface area contributed by atoms with Crippen LogP contribution >= 0.6 is 11.6 Å². The Bertz CT molecular complexity index is 764. The molecule has 0 radical (unpaired) electrons. The topological polar surface area (TPSA) is 58.0 Å². The highest BCUT2D eigenvalue weighted by molar-refractivity contribution is 6.28. The number of fused-ring (bicyclic) bond motifs is 1. The number of hydrogen-bond acceptors (Lipinski definition) is 4. The number of para-hydroxylation sites is 1. The molecule has 0 spiro atoms. The van der Waals surface area contributed by atoms with Crippen molar-refractivity contribution in [1.29, 1.82) is 0 Å². The Morgan fingerprint density at radius 3 is 2.50 bits per heavy atom. The zero-order valence-corrected chi connectivity index (χ0v) is 12.7. The summed E-state index contributed by atoms with van der Waals surface area (Å²) in [6.45, 7) is 0.00480. The molecule has 0 aliphatic rings. The summed E-state index contributed by atoms with van der Waals surface area (Å²) >= 11 is 5.99. The number of anilines is 1. The zero-order valence-electron chi connectivity index (χ0n) is 11.9. The molecule has 1 aromatic heterocycles. The van der Waals surface area contributed by atoms with Crippen LogP contribution in [-0.4, -0.2) is 27.7 Å². The average molecular weight is 314 g/mol. The maximum Gasteiger partial charge on any atom is 0.224 e. The van der Waals surface area contributed by atoms with Crippen molar-refractivity contribution in [3.05, 3.63) is 65.4 Å². The fraction of sp³-hybridized carbons (Fsp3) is 0.176. The van der Waals surface area contributed by atoms with Crippen molar-refractivity contribution in [2.45, 2.75) is 12.5 Å². The lowest BCUT2D eigenvalue weighted by atomic mass is 10.1. The second-order valence-corrected chi connectivity index (χ2v) is 5.41. The maximum atomic E-state index is 9.65. The van der Waals surface area contributed by atoms with Crippen LogP contribution in [0.15, 0.2) is 54.6 Å². The number of rotatable bonds is 5. The summed E-state index contributed by atoms with van der Waals surface area (Å²) in [7, 11) is 0. The van der Waals surface area contributed by atoms with Crippen LogP contribution < -0.4 is 5.32 Å². The second-order valence-electron chi connectivity index (χ2n) is 5.07. The van der Waals surface area contributed by atoms with Crippen molar-refractivity contribution in [3.8, 4) is 0 Å². The summed E-state index contributed by atoms with van der Waals surface area (Å²) in [5.41, 5.74) is 1.93. The van der Waals surface area contributed by atoms with Crippen LogP contribution in [0.25, 0.3) is 10.9 Å². The van der Waals surface area contributed by atoms with Crippen LogP contribution in [0.4, 0.5) is 5.82 Å². The first kappa shape index (κ1) is 14.8. The Kier molecular flexibility index (Phi) is 4.51. The molecule has 22 heavy (non-hydrogen) atoms. The molecule has 0 saturated carbocycles. The lowest BCUT2D eigenvalue weighted by Gasteiger charge is -2.18. The fourth-order valence-corrected chi connectivity index (χ4v) is 2.59. The standard InChI is InChI=1S/C17H16ClN3O/c18-17-20-15-9-5-4-8-14(15)16(21-17)19-13(11-22)10-12-6-2-1-3-7-12/h1-9,13,22H,10-11H2,(H,19,20,21)/t13-/m1/s1. The van der Waals surface area contributed by atoms with Crippen molar-refractivity contribution in [2.24, 2.45) is 0 Å². The summed E-state index contributed by atoms with van der Waals surface area (Å²) in [5.74, 6) is 0.644. The third-order valence-electron chi connectivity index (χ3n) is 3.46. The summed E-state index contributed by atoms with van der Waals surface area (Å²) in [6.07, 6.45) is 0.702. The molecular formula is C17H16ClN3O. The molecule has 1 atom stereocenters. The van der Waals surface area contributed by atoms with Crippen molar-refractivity contribution < 1.29 is 5.11 Å². The van der Waals surface area contributed by atoms with Crippen LogP contribution in [0.3, 0.4) is 0 Å². The molecule has 5 heteroatoms. The molecule has 0 bridgehead atoms. The summed E-state index contributed by atoms with van der Waals surface area (Å²) in [4.78, 5) is 8.47. The van der Waals surface area contributed by atoms with Crippen molar-refractivity contribution in [2.75, 3.05) is 11.9 Å². The van der Waals surface area contributed by atoms with Gasteiger partial charge in [-0.15, -0.1) is 0 Å². The third kappa shape index (κ3) is 3.35. The Balaban J connectivity index is 1.87. The molecule has 3 rings (SSSR count). The van der Waals surface area contributed by atoms with Gasteiger partial charge in [-0.25, -0.2) is 9.97 Å². The van der Waals surface area contributed by atoms with Gasteiger partial charge in [0.25, 0.3) is 0 Å². The van der Waals surface area contributed by atoms with E-state index in [1.165, 1.54) is 0 Å². The van der Waals surface area contributed by atoms with E-state index in [1.54, 1.807) is 0 Å². The molecule has 1 heterocycles. The van der Waals surface area contributed by atoms with E-state index < -0.39 is 0 Å². The fourth-order valence-electron chi connectivity index (χ4n) is 2.41. The van der Waals surface area contributed by atoms with Crippen LogP contribution in [-0.2, 0) is 6.42 Å². The molecular weight excluding hydrogens is 298 g/mol. The van der Waals surface area contributed by atoms with E-state index in [9.17, 15) is 5.11 Å². The van der Waals surface area contributed by atoms with E-state index in [1.807, 2.05) is 54.6 Å². The van der Waals surface area contributed by atoms with Crippen molar-refractivity contribution in [1.82, 2.24) is 9.97 Å².